The van der Waals surface area contributed by atoms with E-state index in [2.05, 4.69) is 25.4 Å². The van der Waals surface area contributed by atoms with Crippen molar-refractivity contribution in [2.75, 3.05) is 54.0 Å². The molecule has 1 atom stereocenters. The fraction of sp³-hybridized carbons (Fsp3) is 0.688. The third-order valence-electron chi connectivity index (χ3n) is 4.85. The smallest absolute Gasteiger partial charge is 0.245 e. The summed E-state index contributed by atoms with van der Waals surface area (Å²) in [6.45, 7) is 5.93. The average Bonchev–Trinajstić information content (AvgIpc) is 3.14. The lowest BCUT2D eigenvalue weighted by molar-refractivity contribution is -0.119. The zero-order valence-corrected chi connectivity index (χ0v) is 15.7. The monoisotopic (exact) mass is 377 g/mol. The molecule has 2 aromatic rings. The molecule has 0 bridgehead atoms. The molecule has 26 heavy (non-hydrogen) atoms. The van der Waals surface area contributed by atoms with Crippen molar-refractivity contribution in [2.24, 2.45) is 5.92 Å². The molecule has 2 aliphatic heterocycles. The van der Waals surface area contributed by atoms with Crippen molar-refractivity contribution < 1.29 is 9.42 Å². The van der Waals surface area contributed by atoms with Crippen LogP contribution in [0.3, 0.4) is 0 Å². The number of hydrogen-bond acceptors (Lipinski definition) is 9. The van der Waals surface area contributed by atoms with Crippen molar-refractivity contribution in [3.05, 3.63) is 0 Å². The topological polar surface area (TPSA) is 100 Å². The van der Waals surface area contributed by atoms with Crippen molar-refractivity contribution in [3.63, 3.8) is 0 Å². The third-order valence-corrected chi connectivity index (χ3v) is 5.79. The summed E-state index contributed by atoms with van der Waals surface area (Å²) in [7, 11) is 0. The van der Waals surface area contributed by atoms with E-state index in [9.17, 15) is 4.79 Å². The van der Waals surface area contributed by atoms with Gasteiger partial charge in [0.2, 0.25) is 17.2 Å². The summed E-state index contributed by atoms with van der Waals surface area (Å²) in [5.74, 6) is 4.32. The van der Waals surface area contributed by atoms with Gasteiger partial charge in [0.05, 0.1) is 0 Å². The minimum atomic E-state index is 0.0171. The Morgan fingerprint density at radius 2 is 1.85 bits per heavy atom. The lowest BCUT2D eigenvalue weighted by atomic mass is 9.98. The molecule has 2 aliphatic rings. The second-order valence-electron chi connectivity index (χ2n) is 6.77. The van der Waals surface area contributed by atoms with Gasteiger partial charge in [0.15, 0.2) is 11.6 Å². The highest BCUT2D eigenvalue weighted by atomic mass is 32.2. The quantitative estimate of drug-likeness (QED) is 0.833. The highest BCUT2D eigenvalue weighted by Crippen LogP contribution is 2.31. The molecule has 0 saturated carbocycles. The lowest BCUT2D eigenvalue weighted by Gasteiger charge is -2.36. The number of carbonyl (C=O) groups is 1. The second kappa shape index (κ2) is 7.65. The van der Waals surface area contributed by atoms with Gasteiger partial charge in [-0.25, -0.2) is 14.6 Å². The maximum atomic E-state index is 11.2. The van der Waals surface area contributed by atoms with Crippen molar-refractivity contribution in [2.45, 2.75) is 19.8 Å². The number of aromatic nitrogens is 4. The average molecular weight is 377 g/mol. The van der Waals surface area contributed by atoms with Crippen LogP contribution in [0.4, 0.5) is 11.6 Å². The highest BCUT2D eigenvalue weighted by molar-refractivity contribution is 7.99. The van der Waals surface area contributed by atoms with Gasteiger partial charge in [-0.1, -0.05) is 0 Å². The minimum absolute atomic E-state index is 0.0171. The van der Waals surface area contributed by atoms with Crippen LogP contribution in [0.1, 0.15) is 19.8 Å². The first-order valence-electron chi connectivity index (χ1n) is 9.03. The number of hydrogen-bond donors (Lipinski definition) is 1. The maximum absolute atomic E-state index is 11.2. The lowest BCUT2D eigenvalue weighted by Crippen LogP contribution is -2.42. The maximum Gasteiger partial charge on any atom is 0.245 e. The van der Waals surface area contributed by atoms with E-state index in [1.807, 2.05) is 11.8 Å². The van der Waals surface area contributed by atoms with E-state index in [1.165, 1.54) is 0 Å². The standard InChI is InChI=1S/C16H23N7O2S/c1-11(24)17-9-12-3-2-4-23(10-12)16-15(22-5-7-26-8-6-22)18-13-14(19-16)21-25-20-13/h12H,2-10H2,1H3,(H,17,24)/t12-/m1/s1. The molecule has 2 saturated heterocycles. The van der Waals surface area contributed by atoms with E-state index in [0.29, 0.717) is 23.8 Å². The number of rotatable bonds is 4. The molecule has 2 fully saturated rings. The molecule has 1 amide bonds. The molecule has 9 nitrogen and oxygen atoms in total. The van der Waals surface area contributed by atoms with Crippen LogP contribution in [0.15, 0.2) is 4.63 Å². The van der Waals surface area contributed by atoms with Crippen LogP contribution in [0.25, 0.3) is 11.3 Å². The zero-order chi connectivity index (χ0) is 17.9. The molecular formula is C16H23N7O2S. The first kappa shape index (κ1) is 17.3. The Morgan fingerprint density at radius 3 is 2.54 bits per heavy atom. The van der Waals surface area contributed by atoms with Gasteiger partial charge < -0.3 is 15.1 Å². The summed E-state index contributed by atoms with van der Waals surface area (Å²) < 4.78 is 4.82. The van der Waals surface area contributed by atoms with Crippen LogP contribution in [0.2, 0.25) is 0 Å². The Kier molecular flexibility index (Phi) is 5.09. The van der Waals surface area contributed by atoms with E-state index in [-0.39, 0.29) is 5.91 Å². The van der Waals surface area contributed by atoms with Crippen LogP contribution in [0.5, 0.6) is 0 Å². The van der Waals surface area contributed by atoms with Gasteiger partial charge in [0.1, 0.15) is 0 Å². The summed E-state index contributed by atoms with van der Waals surface area (Å²) in [5, 5.41) is 10.7. The van der Waals surface area contributed by atoms with Crippen LogP contribution >= 0.6 is 11.8 Å². The third kappa shape index (κ3) is 3.69. The van der Waals surface area contributed by atoms with E-state index < -0.39 is 0 Å². The zero-order valence-electron chi connectivity index (χ0n) is 14.8. The SMILES string of the molecule is CC(=O)NC[C@H]1CCCN(c2nc3nonc3nc2N2CCSCC2)C1. The van der Waals surface area contributed by atoms with Gasteiger partial charge in [-0.05, 0) is 29.1 Å². The first-order valence-corrected chi connectivity index (χ1v) is 10.2. The van der Waals surface area contributed by atoms with Gasteiger partial charge in [-0.3, -0.25) is 4.79 Å². The predicted octanol–water partition coefficient (Wildman–Crippen LogP) is 0.918. The molecule has 0 aromatic carbocycles. The van der Waals surface area contributed by atoms with Gasteiger partial charge in [-0.2, -0.15) is 11.8 Å². The Labute approximate surface area is 155 Å². The van der Waals surface area contributed by atoms with Crippen LogP contribution in [-0.4, -0.2) is 70.4 Å². The number of piperidine rings is 1. The number of nitrogens with one attached hydrogen (secondary N) is 1. The molecule has 2 aromatic heterocycles. The van der Waals surface area contributed by atoms with E-state index in [1.54, 1.807) is 6.92 Å². The second-order valence-corrected chi connectivity index (χ2v) is 8.00. The van der Waals surface area contributed by atoms with Crippen LogP contribution in [-0.2, 0) is 4.79 Å². The highest BCUT2D eigenvalue weighted by Gasteiger charge is 2.27. The van der Waals surface area contributed by atoms with Crippen molar-refractivity contribution in [3.8, 4) is 0 Å². The molecule has 1 N–H and O–H groups in total. The van der Waals surface area contributed by atoms with Gasteiger partial charge in [-0.15, -0.1) is 0 Å². The summed E-state index contributed by atoms with van der Waals surface area (Å²) in [6, 6.07) is 0. The predicted molar refractivity (Wildman–Crippen MR) is 101 cm³/mol. The fourth-order valence-corrected chi connectivity index (χ4v) is 4.44. The Balaban J connectivity index is 1.62. The normalized spacial score (nSPS) is 21.2. The number of thioether (sulfide) groups is 1. The number of fused-ring (bicyclic) bond motifs is 1. The number of anilines is 2. The number of amides is 1. The first-order chi connectivity index (χ1) is 12.7. The van der Waals surface area contributed by atoms with E-state index in [4.69, 9.17) is 14.6 Å². The number of carbonyl (C=O) groups excluding carboxylic acids is 1. The molecule has 0 radical (unpaired) electrons. The van der Waals surface area contributed by atoms with Crippen LogP contribution < -0.4 is 15.1 Å². The van der Waals surface area contributed by atoms with Crippen molar-refractivity contribution >= 4 is 40.6 Å². The van der Waals surface area contributed by atoms with E-state index in [0.717, 1.165) is 62.2 Å². The van der Waals surface area contributed by atoms with Crippen molar-refractivity contribution in [1.82, 2.24) is 25.6 Å². The summed E-state index contributed by atoms with van der Waals surface area (Å²) >= 11 is 1.96. The molecule has 0 unspecified atom stereocenters. The van der Waals surface area contributed by atoms with Crippen LogP contribution in [0, 0.1) is 5.92 Å². The Morgan fingerprint density at radius 1 is 1.15 bits per heavy atom. The molecular weight excluding hydrogens is 354 g/mol. The molecule has 4 rings (SSSR count). The summed E-state index contributed by atoms with van der Waals surface area (Å²) in [4.78, 5) is 25.2. The molecule has 10 heteroatoms. The fourth-order valence-electron chi connectivity index (χ4n) is 3.53. The Hall–Kier alpha value is -2.10. The van der Waals surface area contributed by atoms with Gasteiger partial charge >= 0.3 is 0 Å². The largest absolute Gasteiger partial charge is 0.356 e. The van der Waals surface area contributed by atoms with Gasteiger partial charge in [0.25, 0.3) is 0 Å². The minimum Gasteiger partial charge on any atom is -0.356 e. The van der Waals surface area contributed by atoms with Crippen molar-refractivity contribution in [1.29, 1.82) is 0 Å². The summed E-state index contributed by atoms with van der Waals surface area (Å²) in [5.41, 5.74) is 0.896. The number of nitrogens with zero attached hydrogens (tertiary/aromatic N) is 6. The summed E-state index contributed by atoms with van der Waals surface area (Å²) in [6.07, 6.45) is 2.17. The molecule has 0 spiro atoms. The molecule has 140 valence electrons. The van der Waals surface area contributed by atoms with Gasteiger partial charge in [0, 0.05) is 51.2 Å². The molecule has 4 heterocycles. The van der Waals surface area contributed by atoms with E-state index >= 15 is 0 Å². The molecule has 0 aliphatic carbocycles. The Bertz CT molecular complexity index is 777.